The average molecular weight is 307 g/mol. The second-order valence-corrected chi connectivity index (χ2v) is 6.63. The Morgan fingerprint density at radius 2 is 1.91 bits per heavy atom. The number of carbonyl (C=O) groups is 1. The molecule has 1 rings (SSSR count). The first-order chi connectivity index (χ1) is 10.2. The van der Waals surface area contributed by atoms with Crippen molar-refractivity contribution in [2.45, 2.75) is 59.7 Å². The minimum Gasteiger partial charge on any atom is -0.491 e. The van der Waals surface area contributed by atoms with Crippen LogP contribution in [0, 0.1) is 12.8 Å². The second-order valence-electron chi connectivity index (χ2n) is 6.63. The minimum atomic E-state index is -0.824. The van der Waals surface area contributed by atoms with Crippen LogP contribution in [0.5, 0.6) is 5.75 Å². The van der Waals surface area contributed by atoms with Gasteiger partial charge in [0.25, 0.3) is 5.91 Å². The first kappa shape index (κ1) is 18.5. The number of carbonyl (C=O) groups excluding carboxylic acids is 1. The maximum absolute atomic E-state index is 12.5. The number of hydrogen-bond donors (Lipinski definition) is 1. The van der Waals surface area contributed by atoms with Crippen LogP contribution in [-0.4, -0.2) is 24.7 Å². The van der Waals surface area contributed by atoms with Crippen molar-refractivity contribution in [3.63, 3.8) is 0 Å². The summed E-state index contributed by atoms with van der Waals surface area (Å²) < 4.78 is 11.2. The van der Waals surface area contributed by atoms with Crippen molar-refractivity contribution in [1.82, 2.24) is 0 Å². The lowest BCUT2D eigenvalue weighted by molar-refractivity contribution is -0.137. The number of amides is 1. The second kappa shape index (κ2) is 7.63. The number of nitrogens with one attached hydrogen (secondary N) is 1. The number of methoxy groups -OCH3 is 1. The molecule has 22 heavy (non-hydrogen) atoms. The van der Waals surface area contributed by atoms with E-state index in [0.29, 0.717) is 12.3 Å². The van der Waals surface area contributed by atoms with Crippen LogP contribution >= 0.6 is 0 Å². The molecule has 0 heterocycles. The van der Waals surface area contributed by atoms with E-state index in [1.807, 2.05) is 45.9 Å². The van der Waals surface area contributed by atoms with Crippen molar-refractivity contribution in [3.8, 4) is 5.75 Å². The molecule has 1 N–H and O–H groups in total. The van der Waals surface area contributed by atoms with Crippen molar-refractivity contribution >= 4 is 11.6 Å². The summed E-state index contributed by atoms with van der Waals surface area (Å²) in [6.45, 7) is 11.9. The standard InChI is InChI=1S/C18H29NO3/c1-12(2)11-18(6,21-7)17(20)19-15-8-9-16(14(5)10-15)22-13(3)4/h8-10,12-13H,11H2,1-7H3,(H,19,20). The van der Waals surface area contributed by atoms with Gasteiger partial charge in [-0.15, -0.1) is 0 Å². The molecule has 4 nitrogen and oxygen atoms in total. The van der Waals surface area contributed by atoms with Crippen LogP contribution in [0.1, 0.15) is 46.6 Å². The number of aryl methyl sites for hydroxylation is 1. The predicted molar refractivity (Wildman–Crippen MR) is 90.4 cm³/mol. The van der Waals surface area contributed by atoms with E-state index >= 15 is 0 Å². The summed E-state index contributed by atoms with van der Waals surface area (Å²) in [6, 6.07) is 5.66. The highest BCUT2D eigenvalue weighted by molar-refractivity contribution is 5.97. The van der Waals surface area contributed by atoms with Crippen molar-refractivity contribution in [1.29, 1.82) is 0 Å². The summed E-state index contributed by atoms with van der Waals surface area (Å²) in [5.74, 6) is 1.09. The van der Waals surface area contributed by atoms with Crippen LogP contribution in [0.25, 0.3) is 0 Å². The summed E-state index contributed by atoms with van der Waals surface area (Å²) in [5.41, 5.74) is 0.926. The van der Waals surface area contributed by atoms with Gasteiger partial charge in [-0.3, -0.25) is 4.79 Å². The minimum absolute atomic E-state index is 0.124. The lowest BCUT2D eigenvalue weighted by Gasteiger charge is -2.28. The average Bonchev–Trinajstić information content (AvgIpc) is 2.40. The van der Waals surface area contributed by atoms with Gasteiger partial charge in [-0.05, 0) is 63.8 Å². The van der Waals surface area contributed by atoms with Crippen molar-refractivity contribution in [2.24, 2.45) is 5.92 Å². The Morgan fingerprint density at radius 1 is 1.27 bits per heavy atom. The van der Waals surface area contributed by atoms with Gasteiger partial charge < -0.3 is 14.8 Å². The van der Waals surface area contributed by atoms with Gasteiger partial charge in [-0.25, -0.2) is 0 Å². The zero-order valence-corrected chi connectivity index (χ0v) is 14.8. The monoisotopic (exact) mass is 307 g/mol. The van der Waals surface area contributed by atoms with E-state index in [-0.39, 0.29) is 12.0 Å². The smallest absolute Gasteiger partial charge is 0.256 e. The Morgan fingerprint density at radius 3 is 2.36 bits per heavy atom. The number of hydrogen-bond acceptors (Lipinski definition) is 3. The summed E-state index contributed by atoms with van der Waals surface area (Å²) in [4.78, 5) is 12.5. The first-order valence-corrected chi connectivity index (χ1v) is 7.82. The normalized spacial score (nSPS) is 14.0. The molecular formula is C18H29NO3. The van der Waals surface area contributed by atoms with E-state index in [4.69, 9.17) is 9.47 Å². The van der Waals surface area contributed by atoms with Gasteiger partial charge in [-0.1, -0.05) is 13.8 Å². The third kappa shape index (κ3) is 5.02. The molecule has 4 heteroatoms. The van der Waals surface area contributed by atoms with E-state index < -0.39 is 5.60 Å². The van der Waals surface area contributed by atoms with Gasteiger partial charge in [0.05, 0.1) is 6.10 Å². The molecule has 0 saturated heterocycles. The van der Waals surface area contributed by atoms with Gasteiger partial charge in [0.2, 0.25) is 0 Å². The highest BCUT2D eigenvalue weighted by atomic mass is 16.5. The van der Waals surface area contributed by atoms with Crippen LogP contribution < -0.4 is 10.1 Å². The maximum atomic E-state index is 12.5. The molecule has 0 aliphatic heterocycles. The molecule has 124 valence electrons. The van der Waals surface area contributed by atoms with Gasteiger partial charge in [0.15, 0.2) is 0 Å². The Bertz CT molecular complexity index is 511. The van der Waals surface area contributed by atoms with E-state index in [1.54, 1.807) is 7.11 Å². The zero-order chi connectivity index (χ0) is 16.9. The molecular weight excluding hydrogens is 278 g/mol. The van der Waals surface area contributed by atoms with Gasteiger partial charge in [0, 0.05) is 12.8 Å². The molecule has 0 radical (unpaired) electrons. The molecule has 1 atom stereocenters. The number of anilines is 1. The fraction of sp³-hybridized carbons (Fsp3) is 0.611. The number of ether oxygens (including phenoxy) is 2. The van der Waals surface area contributed by atoms with E-state index in [2.05, 4.69) is 19.2 Å². The van der Waals surface area contributed by atoms with Crippen LogP contribution in [0.15, 0.2) is 18.2 Å². The molecule has 1 aromatic carbocycles. The SMILES string of the molecule is COC(C)(CC(C)C)C(=O)Nc1ccc(OC(C)C)c(C)c1. The molecule has 0 bridgehead atoms. The first-order valence-electron chi connectivity index (χ1n) is 7.82. The fourth-order valence-electron chi connectivity index (χ4n) is 2.42. The molecule has 0 fully saturated rings. The van der Waals surface area contributed by atoms with Crippen molar-refractivity contribution in [3.05, 3.63) is 23.8 Å². The molecule has 1 amide bonds. The Balaban J connectivity index is 2.85. The molecule has 1 aromatic rings. The largest absolute Gasteiger partial charge is 0.491 e. The summed E-state index contributed by atoms with van der Waals surface area (Å²) in [7, 11) is 1.58. The van der Waals surface area contributed by atoms with Gasteiger partial charge in [0.1, 0.15) is 11.4 Å². The highest BCUT2D eigenvalue weighted by Crippen LogP contribution is 2.26. The van der Waals surface area contributed by atoms with Crippen LogP contribution in [-0.2, 0) is 9.53 Å². The van der Waals surface area contributed by atoms with Crippen molar-refractivity contribution < 1.29 is 14.3 Å². The quantitative estimate of drug-likeness (QED) is 0.822. The topological polar surface area (TPSA) is 47.6 Å². The summed E-state index contributed by atoms with van der Waals surface area (Å²) >= 11 is 0. The maximum Gasteiger partial charge on any atom is 0.256 e. The predicted octanol–water partition coefficient (Wildman–Crippen LogP) is 4.17. The Hall–Kier alpha value is -1.55. The van der Waals surface area contributed by atoms with Crippen LogP contribution in [0.3, 0.4) is 0 Å². The third-order valence-electron chi connectivity index (χ3n) is 3.52. The van der Waals surface area contributed by atoms with Gasteiger partial charge in [-0.2, -0.15) is 0 Å². The van der Waals surface area contributed by atoms with Crippen LogP contribution in [0.4, 0.5) is 5.69 Å². The Kier molecular flexibility index (Phi) is 6.42. The number of benzene rings is 1. The number of rotatable bonds is 7. The lowest BCUT2D eigenvalue weighted by atomic mass is 9.93. The van der Waals surface area contributed by atoms with Crippen molar-refractivity contribution in [2.75, 3.05) is 12.4 Å². The molecule has 0 aromatic heterocycles. The van der Waals surface area contributed by atoms with E-state index in [0.717, 1.165) is 17.0 Å². The van der Waals surface area contributed by atoms with Gasteiger partial charge >= 0.3 is 0 Å². The third-order valence-corrected chi connectivity index (χ3v) is 3.52. The molecule has 1 unspecified atom stereocenters. The lowest BCUT2D eigenvalue weighted by Crippen LogP contribution is -2.43. The molecule has 0 spiro atoms. The van der Waals surface area contributed by atoms with Crippen LogP contribution in [0.2, 0.25) is 0 Å². The van der Waals surface area contributed by atoms with E-state index in [9.17, 15) is 4.79 Å². The summed E-state index contributed by atoms with van der Waals surface area (Å²) in [5, 5.41) is 2.94. The summed E-state index contributed by atoms with van der Waals surface area (Å²) in [6.07, 6.45) is 0.796. The highest BCUT2D eigenvalue weighted by Gasteiger charge is 2.33. The van der Waals surface area contributed by atoms with E-state index in [1.165, 1.54) is 0 Å². The zero-order valence-electron chi connectivity index (χ0n) is 14.8. The molecule has 0 aliphatic rings. The molecule has 0 saturated carbocycles. The fourth-order valence-corrected chi connectivity index (χ4v) is 2.42. The molecule has 0 aliphatic carbocycles. The Labute approximate surface area is 134 Å².